The zero-order chi connectivity index (χ0) is 24.9. The van der Waals surface area contributed by atoms with Crippen LogP contribution in [-0.4, -0.2) is 23.3 Å². The van der Waals surface area contributed by atoms with Gasteiger partial charge in [-0.1, -0.05) is 47.1 Å². The summed E-state index contributed by atoms with van der Waals surface area (Å²) in [6.07, 6.45) is 3.14. The van der Waals surface area contributed by atoms with Crippen molar-refractivity contribution in [2.75, 3.05) is 17.7 Å². The summed E-state index contributed by atoms with van der Waals surface area (Å²) >= 11 is 13.7. The van der Waals surface area contributed by atoms with Gasteiger partial charge in [0, 0.05) is 39.0 Å². The highest BCUT2D eigenvalue weighted by atomic mass is 35.5. The molecule has 3 aromatic carbocycles. The molecule has 36 heavy (non-hydrogen) atoms. The van der Waals surface area contributed by atoms with Crippen molar-refractivity contribution in [3.8, 4) is 28.3 Å². The van der Waals surface area contributed by atoms with Gasteiger partial charge in [-0.3, -0.25) is 4.79 Å². The molecule has 0 saturated carbocycles. The largest absolute Gasteiger partial charge is 0.494 e. The molecule has 2 heterocycles. The standard InChI is InChI=1S/C28H24Cl2N2O3S/c29-21-8-3-18(4-9-21)26-27(19-5-10-22(30)11-6-19)35-28(32-26)36-16-2-1-15-34-23-12-13-24-20(17-23)7-14-25(33)31-24/h3-6,8-13,17H,1-2,7,14-16H2,(H,31,33). The smallest absolute Gasteiger partial charge is 0.256 e. The Morgan fingerprint density at radius 2 is 1.64 bits per heavy atom. The zero-order valence-electron chi connectivity index (χ0n) is 19.4. The van der Waals surface area contributed by atoms with Crippen LogP contribution in [0.4, 0.5) is 5.69 Å². The molecule has 0 fully saturated rings. The van der Waals surface area contributed by atoms with E-state index in [0.29, 0.717) is 34.1 Å². The summed E-state index contributed by atoms with van der Waals surface area (Å²) < 4.78 is 12.1. The van der Waals surface area contributed by atoms with Gasteiger partial charge in [-0.05, 0) is 79.4 Å². The molecule has 0 spiro atoms. The van der Waals surface area contributed by atoms with Crippen LogP contribution < -0.4 is 10.1 Å². The molecule has 8 heteroatoms. The first-order chi connectivity index (χ1) is 17.5. The minimum Gasteiger partial charge on any atom is -0.494 e. The molecule has 0 aliphatic carbocycles. The van der Waals surface area contributed by atoms with Crippen molar-refractivity contribution < 1.29 is 13.9 Å². The minimum absolute atomic E-state index is 0.0697. The number of aromatic nitrogens is 1. The van der Waals surface area contributed by atoms with E-state index in [9.17, 15) is 4.79 Å². The Morgan fingerprint density at radius 1 is 0.917 bits per heavy atom. The molecule has 0 atom stereocenters. The number of nitrogens with one attached hydrogen (secondary N) is 1. The lowest BCUT2D eigenvalue weighted by Crippen LogP contribution is -2.18. The van der Waals surface area contributed by atoms with Crippen molar-refractivity contribution in [2.45, 2.75) is 30.9 Å². The number of fused-ring (bicyclic) bond motifs is 1. The van der Waals surface area contributed by atoms with Crippen LogP contribution in [0.15, 0.2) is 76.4 Å². The highest BCUT2D eigenvalue weighted by Gasteiger charge is 2.18. The molecular formula is C28H24Cl2N2O3S. The number of halogens is 2. The number of hydrogen-bond donors (Lipinski definition) is 1. The molecule has 1 amide bonds. The molecule has 5 rings (SSSR count). The van der Waals surface area contributed by atoms with Gasteiger partial charge in [-0.2, -0.15) is 0 Å². The monoisotopic (exact) mass is 538 g/mol. The van der Waals surface area contributed by atoms with Gasteiger partial charge in [-0.25, -0.2) is 4.98 Å². The molecule has 5 nitrogen and oxygen atoms in total. The maximum atomic E-state index is 11.5. The number of thioether (sulfide) groups is 1. The predicted molar refractivity (Wildman–Crippen MR) is 146 cm³/mol. The summed E-state index contributed by atoms with van der Waals surface area (Å²) in [5, 5.41) is 4.87. The quantitative estimate of drug-likeness (QED) is 0.172. The number of ether oxygens (including phenoxy) is 1. The Kier molecular flexibility index (Phi) is 7.85. The SMILES string of the molecule is O=C1CCc2cc(OCCCCSc3nc(-c4ccc(Cl)cc4)c(-c4ccc(Cl)cc4)o3)ccc2N1. The number of amides is 1. The number of carbonyl (C=O) groups excluding carboxylic acids is 1. The molecule has 0 bridgehead atoms. The van der Waals surface area contributed by atoms with Gasteiger partial charge < -0.3 is 14.5 Å². The second kappa shape index (κ2) is 11.4. The van der Waals surface area contributed by atoms with E-state index in [2.05, 4.69) is 5.32 Å². The van der Waals surface area contributed by atoms with E-state index in [-0.39, 0.29) is 5.91 Å². The maximum Gasteiger partial charge on any atom is 0.256 e. The number of hydrogen-bond acceptors (Lipinski definition) is 5. The number of rotatable bonds is 9. The third-order valence-electron chi connectivity index (χ3n) is 5.84. The van der Waals surface area contributed by atoms with E-state index < -0.39 is 0 Å². The van der Waals surface area contributed by atoms with E-state index >= 15 is 0 Å². The van der Waals surface area contributed by atoms with Gasteiger partial charge >= 0.3 is 0 Å². The van der Waals surface area contributed by atoms with Crippen molar-refractivity contribution in [3.63, 3.8) is 0 Å². The predicted octanol–water partition coefficient (Wildman–Crippen LogP) is 8.15. The highest BCUT2D eigenvalue weighted by molar-refractivity contribution is 7.99. The molecule has 0 radical (unpaired) electrons. The molecule has 1 N–H and O–H groups in total. The number of oxazole rings is 1. The van der Waals surface area contributed by atoms with Crippen molar-refractivity contribution in [1.29, 1.82) is 0 Å². The fourth-order valence-corrected chi connectivity index (χ4v) is 5.04. The van der Waals surface area contributed by atoms with E-state index in [1.165, 1.54) is 0 Å². The highest BCUT2D eigenvalue weighted by Crippen LogP contribution is 2.36. The van der Waals surface area contributed by atoms with E-state index in [0.717, 1.165) is 58.8 Å². The third-order valence-corrected chi connectivity index (χ3v) is 7.26. The fourth-order valence-electron chi connectivity index (χ4n) is 3.97. The molecule has 1 aromatic heterocycles. The van der Waals surface area contributed by atoms with Crippen LogP contribution in [0.2, 0.25) is 10.0 Å². The second-order valence-corrected chi connectivity index (χ2v) is 10.4. The van der Waals surface area contributed by atoms with E-state index in [1.807, 2.05) is 66.7 Å². The summed E-state index contributed by atoms with van der Waals surface area (Å²) in [5.74, 6) is 2.48. The Labute approximate surface area is 224 Å². The number of anilines is 1. The lowest BCUT2D eigenvalue weighted by atomic mass is 10.0. The molecule has 1 aliphatic rings. The van der Waals surface area contributed by atoms with Crippen LogP contribution in [0.25, 0.3) is 22.6 Å². The lowest BCUT2D eigenvalue weighted by Gasteiger charge is -2.17. The van der Waals surface area contributed by atoms with Crippen LogP contribution in [0.1, 0.15) is 24.8 Å². The van der Waals surface area contributed by atoms with Crippen molar-refractivity contribution in [2.24, 2.45) is 0 Å². The number of unbranched alkanes of at least 4 members (excludes halogenated alkanes) is 1. The normalized spacial score (nSPS) is 12.8. The van der Waals surface area contributed by atoms with Crippen molar-refractivity contribution in [3.05, 3.63) is 82.3 Å². The summed E-state index contributed by atoms with van der Waals surface area (Å²) in [5.41, 5.74) is 4.65. The molecule has 0 saturated heterocycles. The lowest BCUT2D eigenvalue weighted by molar-refractivity contribution is -0.116. The van der Waals surface area contributed by atoms with Gasteiger partial charge in [0.2, 0.25) is 5.91 Å². The van der Waals surface area contributed by atoms with Crippen molar-refractivity contribution >= 4 is 46.6 Å². The Bertz CT molecular complexity index is 1290. The Balaban J connectivity index is 1.17. The molecule has 4 aromatic rings. The van der Waals surface area contributed by atoms with E-state index in [1.54, 1.807) is 11.8 Å². The first-order valence-electron chi connectivity index (χ1n) is 11.8. The average Bonchev–Trinajstić information content (AvgIpc) is 3.31. The first kappa shape index (κ1) is 24.8. The number of benzene rings is 3. The molecule has 0 unspecified atom stereocenters. The van der Waals surface area contributed by atoms with Crippen LogP contribution in [-0.2, 0) is 11.2 Å². The Morgan fingerprint density at radius 3 is 2.39 bits per heavy atom. The second-order valence-electron chi connectivity index (χ2n) is 8.44. The van der Waals surface area contributed by atoms with Gasteiger partial charge in [0.1, 0.15) is 11.4 Å². The third kappa shape index (κ3) is 6.06. The van der Waals surface area contributed by atoms with Gasteiger partial charge in [0.25, 0.3) is 5.22 Å². The molecule has 1 aliphatic heterocycles. The fraction of sp³-hybridized carbons (Fsp3) is 0.214. The van der Waals surface area contributed by atoms with Crippen LogP contribution in [0, 0.1) is 0 Å². The van der Waals surface area contributed by atoms with Gasteiger partial charge in [-0.15, -0.1) is 0 Å². The van der Waals surface area contributed by atoms with E-state index in [4.69, 9.17) is 37.3 Å². The van der Waals surface area contributed by atoms with Crippen LogP contribution in [0.3, 0.4) is 0 Å². The summed E-state index contributed by atoms with van der Waals surface area (Å²) in [6, 6.07) is 21.0. The maximum absolute atomic E-state index is 11.5. The number of nitrogens with zero attached hydrogens (tertiary/aromatic N) is 1. The van der Waals surface area contributed by atoms with Gasteiger partial charge in [0.15, 0.2) is 5.76 Å². The molecular weight excluding hydrogens is 515 g/mol. The topological polar surface area (TPSA) is 64.4 Å². The minimum atomic E-state index is 0.0697. The number of carbonyl (C=O) groups is 1. The molecule has 184 valence electrons. The number of aryl methyl sites for hydroxylation is 1. The summed E-state index contributed by atoms with van der Waals surface area (Å²) in [7, 11) is 0. The average molecular weight is 539 g/mol. The zero-order valence-corrected chi connectivity index (χ0v) is 21.8. The first-order valence-corrected chi connectivity index (χ1v) is 13.5. The summed E-state index contributed by atoms with van der Waals surface area (Å²) in [6.45, 7) is 0.628. The summed E-state index contributed by atoms with van der Waals surface area (Å²) in [4.78, 5) is 16.3. The van der Waals surface area contributed by atoms with Crippen LogP contribution in [0.5, 0.6) is 5.75 Å². The Hall–Kier alpha value is -2.93. The van der Waals surface area contributed by atoms with Crippen molar-refractivity contribution in [1.82, 2.24) is 4.98 Å². The van der Waals surface area contributed by atoms with Gasteiger partial charge in [0.05, 0.1) is 6.61 Å². The van der Waals surface area contributed by atoms with Crippen LogP contribution >= 0.6 is 35.0 Å².